The highest BCUT2D eigenvalue weighted by molar-refractivity contribution is 5.98. The number of carboxylic acids is 2. The predicted octanol–water partition coefficient (Wildman–Crippen LogP) is 1.45. The minimum Gasteiger partial charge on any atom is -0.480 e. The van der Waals surface area contributed by atoms with Crippen molar-refractivity contribution in [1.29, 1.82) is 0 Å². The molecular weight excluding hydrogens is 252 g/mol. The Morgan fingerprint density at radius 2 is 1.89 bits per heavy atom. The summed E-state index contributed by atoms with van der Waals surface area (Å²) >= 11 is 0. The van der Waals surface area contributed by atoms with Crippen LogP contribution in [-0.2, 0) is 19.1 Å². The van der Waals surface area contributed by atoms with E-state index in [2.05, 4.69) is 6.58 Å². The van der Waals surface area contributed by atoms with Crippen LogP contribution < -0.4 is 0 Å². The predicted molar refractivity (Wildman–Crippen MR) is 65.4 cm³/mol. The van der Waals surface area contributed by atoms with Crippen molar-refractivity contribution in [2.24, 2.45) is 11.3 Å². The average molecular weight is 270 g/mol. The van der Waals surface area contributed by atoms with Crippen molar-refractivity contribution in [1.82, 2.24) is 0 Å². The maximum atomic E-state index is 11.4. The zero-order chi connectivity index (χ0) is 14.5. The van der Waals surface area contributed by atoms with Gasteiger partial charge in [0.05, 0.1) is 6.61 Å². The van der Waals surface area contributed by atoms with Crippen LogP contribution in [0.25, 0.3) is 0 Å². The molecule has 0 aromatic carbocycles. The van der Waals surface area contributed by atoms with Gasteiger partial charge >= 0.3 is 17.9 Å². The third kappa shape index (κ3) is 3.13. The summed E-state index contributed by atoms with van der Waals surface area (Å²) in [6.07, 6.45) is 3.27. The van der Waals surface area contributed by atoms with Gasteiger partial charge < -0.3 is 14.9 Å². The highest BCUT2D eigenvalue weighted by Gasteiger charge is 2.53. The van der Waals surface area contributed by atoms with Crippen LogP contribution in [-0.4, -0.2) is 34.7 Å². The Morgan fingerprint density at radius 1 is 1.26 bits per heavy atom. The van der Waals surface area contributed by atoms with Gasteiger partial charge in [0.1, 0.15) is 0 Å². The van der Waals surface area contributed by atoms with Crippen LogP contribution >= 0.6 is 0 Å². The van der Waals surface area contributed by atoms with Gasteiger partial charge in [-0.1, -0.05) is 19.4 Å². The maximum Gasteiger partial charge on any atom is 0.330 e. The monoisotopic (exact) mass is 270 g/mol. The Hall–Kier alpha value is -1.85. The lowest BCUT2D eigenvalue weighted by molar-refractivity contribution is -0.173. The molecule has 1 unspecified atom stereocenters. The smallest absolute Gasteiger partial charge is 0.330 e. The lowest BCUT2D eigenvalue weighted by Crippen LogP contribution is -2.48. The summed E-state index contributed by atoms with van der Waals surface area (Å²) in [6.45, 7) is 3.26. The van der Waals surface area contributed by atoms with Crippen LogP contribution in [0.3, 0.4) is 0 Å². The topological polar surface area (TPSA) is 101 Å². The first kappa shape index (κ1) is 15.2. The standard InChI is InChI=1S/C13H18O6/c1-2-10(14)19-8-6-9-5-3-4-7-13(9,11(15)16)12(17)18/h2,9H,1,3-8H2,(H,15,16)(H,17,18). The van der Waals surface area contributed by atoms with Crippen molar-refractivity contribution in [3.8, 4) is 0 Å². The molecule has 0 amide bonds. The second-order valence-electron chi connectivity index (χ2n) is 4.68. The molecule has 1 aliphatic carbocycles. The van der Waals surface area contributed by atoms with Crippen LogP contribution in [0.15, 0.2) is 12.7 Å². The summed E-state index contributed by atoms with van der Waals surface area (Å²) in [4.78, 5) is 33.7. The molecule has 6 heteroatoms. The van der Waals surface area contributed by atoms with Gasteiger partial charge in [-0.25, -0.2) is 4.79 Å². The van der Waals surface area contributed by atoms with Gasteiger partial charge in [0.15, 0.2) is 5.41 Å². The summed E-state index contributed by atoms with van der Waals surface area (Å²) < 4.78 is 4.80. The minimum absolute atomic E-state index is 0.0117. The lowest BCUT2D eigenvalue weighted by Gasteiger charge is -2.37. The minimum atomic E-state index is -1.75. The van der Waals surface area contributed by atoms with Gasteiger partial charge in [-0.05, 0) is 25.2 Å². The fraction of sp³-hybridized carbons (Fsp3) is 0.615. The van der Waals surface area contributed by atoms with Crippen molar-refractivity contribution in [3.05, 3.63) is 12.7 Å². The van der Waals surface area contributed by atoms with Crippen molar-refractivity contribution in [2.45, 2.75) is 32.1 Å². The fourth-order valence-electron chi connectivity index (χ4n) is 2.65. The molecule has 1 atom stereocenters. The van der Waals surface area contributed by atoms with Gasteiger partial charge in [-0.15, -0.1) is 0 Å². The molecule has 0 heterocycles. The highest BCUT2D eigenvalue weighted by atomic mass is 16.5. The van der Waals surface area contributed by atoms with Crippen LogP contribution in [0.4, 0.5) is 0 Å². The average Bonchev–Trinajstić information content (AvgIpc) is 2.38. The van der Waals surface area contributed by atoms with E-state index in [1.165, 1.54) is 0 Å². The first-order valence-corrected chi connectivity index (χ1v) is 6.21. The second-order valence-corrected chi connectivity index (χ2v) is 4.68. The number of carboxylic acid groups (broad SMARTS) is 2. The first-order chi connectivity index (χ1) is 8.95. The highest BCUT2D eigenvalue weighted by Crippen LogP contribution is 2.43. The van der Waals surface area contributed by atoms with Gasteiger partial charge in [-0.3, -0.25) is 9.59 Å². The normalized spacial score (nSPS) is 21.4. The maximum absolute atomic E-state index is 11.4. The molecule has 106 valence electrons. The van der Waals surface area contributed by atoms with E-state index in [0.29, 0.717) is 12.8 Å². The van der Waals surface area contributed by atoms with Gasteiger partial charge in [0, 0.05) is 6.08 Å². The number of hydrogen-bond acceptors (Lipinski definition) is 4. The van der Waals surface area contributed by atoms with Crippen LogP contribution in [0.5, 0.6) is 0 Å². The van der Waals surface area contributed by atoms with E-state index in [0.717, 1.165) is 12.5 Å². The summed E-state index contributed by atoms with van der Waals surface area (Å²) in [6, 6.07) is 0. The number of rotatable bonds is 6. The van der Waals surface area contributed by atoms with Crippen molar-refractivity contribution in [3.63, 3.8) is 0 Å². The van der Waals surface area contributed by atoms with Gasteiger partial charge in [0.25, 0.3) is 0 Å². The molecule has 0 bridgehead atoms. The Labute approximate surface area is 111 Å². The van der Waals surface area contributed by atoms with E-state index in [1.54, 1.807) is 0 Å². The molecule has 6 nitrogen and oxygen atoms in total. The van der Waals surface area contributed by atoms with E-state index in [4.69, 9.17) is 4.74 Å². The molecular formula is C13H18O6. The number of carbonyl (C=O) groups is 3. The van der Waals surface area contributed by atoms with Crippen molar-refractivity contribution < 1.29 is 29.3 Å². The quantitative estimate of drug-likeness (QED) is 0.430. The largest absolute Gasteiger partial charge is 0.480 e. The van der Waals surface area contributed by atoms with Crippen LogP contribution in [0, 0.1) is 11.3 Å². The number of ether oxygens (including phenoxy) is 1. The molecule has 1 aliphatic rings. The second kappa shape index (κ2) is 6.36. The number of carbonyl (C=O) groups excluding carboxylic acids is 1. The Balaban J connectivity index is 2.76. The summed E-state index contributed by atoms with van der Waals surface area (Å²) in [5.41, 5.74) is -1.75. The molecule has 0 aromatic heterocycles. The van der Waals surface area contributed by atoms with E-state index >= 15 is 0 Å². The third-order valence-electron chi connectivity index (χ3n) is 3.71. The van der Waals surface area contributed by atoms with Gasteiger partial charge in [-0.2, -0.15) is 0 Å². The fourth-order valence-corrected chi connectivity index (χ4v) is 2.65. The molecule has 1 rings (SSSR count). The molecule has 0 aliphatic heterocycles. The van der Waals surface area contributed by atoms with Crippen LogP contribution in [0.2, 0.25) is 0 Å². The molecule has 0 aromatic rings. The van der Waals surface area contributed by atoms with E-state index in [-0.39, 0.29) is 19.4 Å². The summed E-state index contributed by atoms with van der Waals surface area (Å²) in [5.74, 6) is -3.72. The molecule has 1 saturated carbocycles. The Kier molecular flexibility index (Phi) is 5.09. The third-order valence-corrected chi connectivity index (χ3v) is 3.71. The molecule has 19 heavy (non-hydrogen) atoms. The number of aliphatic carboxylic acids is 2. The summed E-state index contributed by atoms with van der Waals surface area (Å²) in [5, 5.41) is 18.6. The Morgan fingerprint density at radius 3 is 2.42 bits per heavy atom. The molecule has 2 N–H and O–H groups in total. The molecule has 0 radical (unpaired) electrons. The van der Waals surface area contributed by atoms with Crippen molar-refractivity contribution >= 4 is 17.9 Å². The lowest BCUT2D eigenvalue weighted by atomic mass is 9.65. The molecule has 0 spiro atoms. The van der Waals surface area contributed by atoms with E-state index in [9.17, 15) is 24.6 Å². The van der Waals surface area contributed by atoms with E-state index < -0.39 is 29.2 Å². The number of hydrogen-bond donors (Lipinski definition) is 2. The zero-order valence-electron chi connectivity index (χ0n) is 10.6. The van der Waals surface area contributed by atoms with Crippen LogP contribution in [0.1, 0.15) is 32.1 Å². The zero-order valence-corrected chi connectivity index (χ0v) is 10.6. The Bertz CT molecular complexity index is 373. The summed E-state index contributed by atoms with van der Waals surface area (Å²) in [7, 11) is 0. The SMILES string of the molecule is C=CC(=O)OCCC1CCCCC1(C(=O)O)C(=O)O. The molecule has 0 saturated heterocycles. The van der Waals surface area contributed by atoms with E-state index in [1.807, 2.05) is 0 Å². The molecule has 1 fully saturated rings. The number of esters is 1. The van der Waals surface area contributed by atoms with Gasteiger partial charge in [0.2, 0.25) is 0 Å². The van der Waals surface area contributed by atoms with Crippen molar-refractivity contribution in [2.75, 3.05) is 6.61 Å². The first-order valence-electron chi connectivity index (χ1n) is 6.21.